The van der Waals surface area contributed by atoms with Crippen LogP contribution in [0.2, 0.25) is 0 Å². The van der Waals surface area contributed by atoms with Crippen LogP contribution in [0.4, 0.5) is 0 Å². The molecule has 5 aromatic carbocycles. The SMILES string of the molecule is c1ccc(-c2cc3ccc(-c4cc(-c5ccccn5)nc(-c5ccccn5)c4)cc3c3c2c(-c2ccccc2)nn3-c2ccccc2)cc1. The molecule has 0 aliphatic rings. The van der Waals surface area contributed by atoms with Gasteiger partial charge in [-0.1, -0.05) is 103 Å². The molecule has 49 heavy (non-hydrogen) atoms. The van der Waals surface area contributed by atoms with Crippen LogP contribution in [-0.4, -0.2) is 24.7 Å². The molecule has 0 saturated heterocycles. The summed E-state index contributed by atoms with van der Waals surface area (Å²) in [5.74, 6) is 0. The monoisotopic (exact) mass is 627 g/mol. The van der Waals surface area contributed by atoms with Crippen LogP contribution in [0, 0.1) is 0 Å². The molecule has 0 fully saturated rings. The molecule has 0 unspecified atom stereocenters. The van der Waals surface area contributed by atoms with Gasteiger partial charge in [-0.15, -0.1) is 0 Å². The fourth-order valence-electron chi connectivity index (χ4n) is 6.60. The van der Waals surface area contributed by atoms with Gasteiger partial charge in [-0.3, -0.25) is 9.97 Å². The first-order valence-corrected chi connectivity index (χ1v) is 16.3. The van der Waals surface area contributed by atoms with Gasteiger partial charge in [-0.25, -0.2) is 9.67 Å². The van der Waals surface area contributed by atoms with Crippen molar-refractivity contribution in [2.75, 3.05) is 0 Å². The lowest BCUT2D eigenvalue weighted by atomic mass is 9.92. The van der Waals surface area contributed by atoms with Gasteiger partial charge in [0.15, 0.2) is 0 Å². The van der Waals surface area contributed by atoms with E-state index in [9.17, 15) is 0 Å². The van der Waals surface area contributed by atoms with Crippen LogP contribution in [0.15, 0.2) is 176 Å². The number of hydrogen-bond acceptors (Lipinski definition) is 4. The number of hydrogen-bond donors (Lipinski definition) is 0. The van der Waals surface area contributed by atoms with Crippen LogP contribution in [0.3, 0.4) is 0 Å². The van der Waals surface area contributed by atoms with Crippen molar-refractivity contribution >= 4 is 21.7 Å². The summed E-state index contributed by atoms with van der Waals surface area (Å²) in [6.07, 6.45) is 3.60. The Kier molecular flexibility index (Phi) is 7.06. The van der Waals surface area contributed by atoms with Crippen LogP contribution in [0.25, 0.3) is 83.6 Å². The van der Waals surface area contributed by atoms with E-state index in [-0.39, 0.29) is 0 Å². The molecule has 0 saturated carbocycles. The molecule has 0 N–H and O–H groups in total. The molecule has 0 aliphatic heterocycles. The topological polar surface area (TPSA) is 56.5 Å². The molecule has 9 aromatic rings. The molecule has 230 valence electrons. The van der Waals surface area contributed by atoms with Crippen molar-refractivity contribution in [2.45, 2.75) is 0 Å². The standard InChI is InChI=1S/C44H29N5/c1-4-14-30(15-5-1)36-27-33-23-22-32(34-28-40(38-20-10-12-24-45-38)47-41(29-34)39-21-11-13-25-46-39)26-37(33)44-42(36)43(31-16-6-2-7-17-31)48-49(44)35-18-8-3-9-19-35/h1-29H. The zero-order valence-corrected chi connectivity index (χ0v) is 26.5. The van der Waals surface area contributed by atoms with Gasteiger partial charge in [0.1, 0.15) is 5.69 Å². The Hall–Kier alpha value is -6.72. The number of rotatable bonds is 6. The first-order valence-electron chi connectivity index (χ1n) is 16.3. The number of para-hydroxylation sites is 1. The van der Waals surface area contributed by atoms with Gasteiger partial charge in [0.05, 0.1) is 34.0 Å². The van der Waals surface area contributed by atoms with Gasteiger partial charge in [-0.2, -0.15) is 5.10 Å². The second-order valence-electron chi connectivity index (χ2n) is 12.0. The number of aromatic nitrogens is 5. The minimum atomic E-state index is 0.795. The molecular weight excluding hydrogens is 599 g/mol. The van der Waals surface area contributed by atoms with Gasteiger partial charge in [0.25, 0.3) is 0 Å². The summed E-state index contributed by atoms with van der Waals surface area (Å²) in [7, 11) is 0. The Morgan fingerprint density at radius 1 is 0.429 bits per heavy atom. The largest absolute Gasteiger partial charge is 0.255 e. The highest BCUT2D eigenvalue weighted by Crippen LogP contribution is 2.43. The van der Waals surface area contributed by atoms with E-state index in [1.807, 2.05) is 48.5 Å². The van der Waals surface area contributed by atoms with Gasteiger partial charge < -0.3 is 0 Å². The van der Waals surface area contributed by atoms with E-state index in [1.54, 1.807) is 12.4 Å². The number of nitrogens with zero attached hydrogens (tertiary/aromatic N) is 5. The smallest absolute Gasteiger partial charge is 0.101 e. The van der Waals surface area contributed by atoms with Gasteiger partial charge in [-0.05, 0) is 88.3 Å². The lowest BCUT2D eigenvalue weighted by Gasteiger charge is -2.13. The minimum Gasteiger partial charge on any atom is -0.255 e. The Bertz CT molecular complexity index is 2510. The Balaban J connectivity index is 1.36. The summed E-state index contributed by atoms with van der Waals surface area (Å²) in [5, 5.41) is 8.73. The van der Waals surface area contributed by atoms with Crippen molar-refractivity contribution in [1.82, 2.24) is 24.7 Å². The van der Waals surface area contributed by atoms with E-state index in [4.69, 9.17) is 10.1 Å². The third-order valence-corrected chi connectivity index (χ3v) is 8.91. The zero-order valence-electron chi connectivity index (χ0n) is 26.5. The lowest BCUT2D eigenvalue weighted by Crippen LogP contribution is -1.97. The molecule has 0 radical (unpaired) electrons. The second kappa shape index (κ2) is 12.1. The highest BCUT2D eigenvalue weighted by atomic mass is 15.3. The summed E-state index contributed by atoms with van der Waals surface area (Å²) < 4.78 is 2.11. The maximum Gasteiger partial charge on any atom is 0.101 e. The molecular formula is C44H29N5. The normalized spacial score (nSPS) is 11.3. The zero-order chi connectivity index (χ0) is 32.6. The molecule has 0 aliphatic carbocycles. The second-order valence-corrected chi connectivity index (χ2v) is 12.0. The van der Waals surface area contributed by atoms with Crippen LogP contribution in [-0.2, 0) is 0 Å². The summed E-state index contributed by atoms with van der Waals surface area (Å²) in [6, 6.07) is 56.6. The first kappa shape index (κ1) is 28.5. The van der Waals surface area contributed by atoms with E-state index < -0.39 is 0 Å². The van der Waals surface area contributed by atoms with E-state index >= 15 is 0 Å². The molecule has 4 aromatic heterocycles. The highest BCUT2D eigenvalue weighted by Gasteiger charge is 2.22. The fourth-order valence-corrected chi connectivity index (χ4v) is 6.60. The molecule has 0 spiro atoms. The molecule has 0 bridgehead atoms. The van der Waals surface area contributed by atoms with E-state index in [2.05, 4.69) is 130 Å². The summed E-state index contributed by atoms with van der Waals surface area (Å²) in [6.45, 7) is 0. The number of benzene rings is 5. The quantitative estimate of drug-likeness (QED) is 0.184. The van der Waals surface area contributed by atoms with Gasteiger partial charge in [0.2, 0.25) is 0 Å². The van der Waals surface area contributed by atoms with Crippen molar-refractivity contribution in [2.24, 2.45) is 0 Å². The molecule has 5 heteroatoms. The molecule has 0 atom stereocenters. The van der Waals surface area contributed by atoms with E-state index in [0.29, 0.717) is 0 Å². The minimum absolute atomic E-state index is 0.795. The molecule has 9 rings (SSSR count). The van der Waals surface area contributed by atoms with Crippen molar-refractivity contribution < 1.29 is 0 Å². The summed E-state index contributed by atoms with van der Waals surface area (Å²) in [4.78, 5) is 14.3. The first-order chi connectivity index (χ1) is 24.3. The van der Waals surface area contributed by atoms with Crippen LogP contribution in [0.1, 0.15) is 0 Å². The maximum atomic E-state index is 5.37. The fraction of sp³-hybridized carbons (Fsp3) is 0. The van der Waals surface area contributed by atoms with Crippen molar-refractivity contribution in [3.8, 4) is 62.0 Å². The predicted octanol–water partition coefficient (Wildman–Crippen LogP) is 10.7. The highest BCUT2D eigenvalue weighted by molar-refractivity contribution is 6.18. The maximum absolute atomic E-state index is 5.37. The Labute approximate surface area is 283 Å². The average molecular weight is 628 g/mol. The molecule has 5 nitrogen and oxygen atoms in total. The van der Waals surface area contributed by atoms with Crippen LogP contribution in [0.5, 0.6) is 0 Å². The number of fused-ring (bicyclic) bond motifs is 3. The number of pyridine rings is 3. The average Bonchev–Trinajstić information content (AvgIpc) is 3.60. The van der Waals surface area contributed by atoms with Crippen molar-refractivity contribution in [1.29, 1.82) is 0 Å². The van der Waals surface area contributed by atoms with Crippen LogP contribution < -0.4 is 0 Å². The molecule has 0 amide bonds. The Morgan fingerprint density at radius 2 is 1.02 bits per heavy atom. The summed E-state index contributed by atoms with van der Waals surface area (Å²) in [5.41, 5.74) is 11.7. The molecule has 4 heterocycles. The predicted molar refractivity (Wildman–Crippen MR) is 199 cm³/mol. The lowest BCUT2D eigenvalue weighted by molar-refractivity contribution is 0.918. The van der Waals surface area contributed by atoms with Gasteiger partial charge >= 0.3 is 0 Å². The van der Waals surface area contributed by atoms with Gasteiger partial charge in [0, 0.05) is 28.7 Å². The van der Waals surface area contributed by atoms with Crippen molar-refractivity contribution in [3.05, 3.63) is 176 Å². The van der Waals surface area contributed by atoms with E-state index in [1.165, 1.54) is 0 Å². The summed E-state index contributed by atoms with van der Waals surface area (Å²) >= 11 is 0. The van der Waals surface area contributed by atoms with Crippen molar-refractivity contribution in [3.63, 3.8) is 0 Å². The van der Waals surface area contributed by atoms with E-state index in [0.717, 1.165) is 83.6 Å². The third kappa shape index (κ3) is 5.24. The van der Waals surface area contributed by atoms with Crippen LogP contribution >= 0.6 is 0 Å². The Morgan fingerprint density at radius 3 is 1.63 bits per heavy atom. The third-order valence-electron chi connectivity index (χ3n) is 8.91.